The molecule has 1 fully saturated rings. The van der Waals surface area contributed by atoms with Gasteiger partial charge in [-0.1, -0.05) is 0 Å². The molecule has 0 aromatic rings. The largest absolute Gasteiger partial charge is 0.481 e. The van der Waals surface area contributed by atoms with Crippen LogP contribution in [0.3, 0.4) is 0 Å². The van der Waals surface area contributed by atoms with E-state index in [9.17, 15) is 4.79 Å². The molecule has 70 valence electrons. The summed E-state index contributed by atoms with van der Waals surface area (Å²) in [6.45, 7) is 0.784. The van der Waals surface area contributed by atoms with E-state index in [1.807, 2.05) is 0 Å². The van der Waals surface area contributed by atoms with Gasteiger partial charge in [0.05, 0.1) is 5.92 Å². The van der Waals surface area contributed by atoms with Crippen LogP contribution in [-0.2, 0) is 9.53 Å². The summed E-state index contributed by atoms with van der Waals surface area (Å²) in [5.41, 5.74) is 0. The van der Waals surface area contributed by atoms with Gasteiger partial charge in [-0.2, -0.15) is 0 Å². The normalized spacial score (nSPS) is 30.1. The molecule has 0 aromatic carbocycles. The van der Waals surface area contributed by atoms with Crippen molar-refractivity contribution >= 4 is 5.97 Å². The Bertz CT molecular complexity index is 148. The van der Waals surface area contributed by atoms with Gasteiger partial charge in [-0.05, 0) is 31.6 Å². The van der Waals surface area contributed by atoms with Crippen molar-refractivity contribution in [3.63, 3.8) is 0 Å². The van der Waals surface area contributed by atoms with E-state index in [0.29, 0.717) is 5.92 Å². The minimum Gasteiger partial charge on any atom is -0.481 e. The number of methoxy groups -OCH3 is 1. The molecule has 12 heavy (non-hydrogen) atoms. The molecule has 0 aromatic heterocycles. The van der Waals surface area contributed by atoms with Crippen LogP contribution in [0, 0.1) is 11.8 Å². The molecule has 0 saturated heterocycles. The summed E-state index contributed by atoms with van der Waals surface area (Å²) in [6.07, 6.45) is 3.66. The monoisotopic (exact) mass is 172 g/mol. The lowest BCUT2D eigenvalue weighted by Crippen LogP contribution is -2.23. The van der Waals surface area contributed by atoms with Crippen molar-refractivity contribution in [1.29, 1.82) is 0 Å². The van der Waals surface area contributed by atoms with Gasteiger partial charge in [-0.15, -0.1) is 0 Å². The Morgan fingerprint density at radius 2 is 2.00 bits per heavy atom. The molecule has 0 unspecified atom stereocenters. The van der Waals surface area contributed by atoms with Gasteiger partial charge in [0.25, 0.3) is 0 Å². The fourth-order valence-corrected chi connectivity index (χ4v) is 1.81. The molecule has 1 aliphatic carbocycles. The van der Waals surface area contributed by atoms with Crippen molar-refractivity contribution < 1.29 is 14.6 Å². The Kier molecular flexibility index (Phi) is 3.53. The molecule has 1 aliphatic rings. The number of hydrogen-bond acceptors (Lipinski definition) is 2. The van der Waals surface area contributed by atoms with Gasteiger partial charge < -0.3 is 9.84 Å². The van der Waals surface area contributed by atoms with Gasteiger partial charge >= 0.3 is 5.97 Å². The predicted molar refractivity (Wildman–Crippen MR) is 45.0 cm³/mol. The van der Waals surface area contributed by atoms with Crippen molar-refractivity contribution in [2.75, 3.05) is 13.7 Å². The average molecular weight is 172 g/mol. The van der Waals surface area contributed by atoms with Crippen LogP contribution in [0.2, 0.25) is 0 Å². The Morgan fingerprint density at radius 1 is 1.42 bits per heavy atom. The molecular weight excluding hydrogens is 156 g/mol. The first-order valence-corrected chi connectivity index (χ1v) is 4.45. The smallest absolute Gasteiger partial charge is 0.306 e. The maximum Gasteiger partial charge on any atom is 0.306 e. The van der Waals surface area contributed by atoms with Crippen molar-refractivity contribution in [3.8, 4) is 0 Å². The van der Waals surface area contributed by atoms with E-state index in [-0.39, 0.29) is 5.92 Å². The molecule has 0 bridgehead atoms. The summed E-state index contributed by atoms with van der Waals surface area (Å²) >= 11 is 0. The average Bonchev–Trinajstić information content (AvgIpc) is 2.06. The van der Waals surface area contributed by atoms with Crippen molar-refractivity contribution in [3.05, 3.63) is 0 Å². The zero-order chi connectivity index (χ0) is 8.97. The summed E-state index contributed by atoms with van der Waals surface area (Å²) in [7, 11) is 1.70. The van der Waals surface area contributed by atoms with E-state index in [0.717, 1.165) is 32.3 Å². The Hall–Kier alpha value is -0.570. The van der Waals surface area contributed by atoms with Gasteiger partial charge in [0.15, 0.2) is 0 Å². The third-order valence-corrected chi connectivity index (χ3v) is 2.60. The fraction of sp³-hybridized carbons (Fsp3) is 0.889. The summed E-state index contributed by atoms with van der Waals surface area (Å²) in [5.74, 6) is -0.144. The zero-order valence-electron chi connectivity index (χ0n) is 7.45. The summed E-state index contributed by atoms with van der Waals surface area (Å²) in [6, 6.07) is 0. The van der Waals surface area contributed by atoms with Gasteiger partial charge in [0.2, 0.25) is 0 Å². The third kappa shape index (κ3) is 2.48. The Morgan fingerprint density at radius 3 is 2.42 bits per heavy atom. The summed E-state index contributed by atoms with van der Waals surface area (Å²) in [5, 5.41) is 8.72. The highest BCUT2D eigenvalue weighted by molar-refractivity contribution is 5.69. The molecule has 0 spiro atoms. The van der Waals surface area contributed by atoms with Crippen LogP contribution in [0.4, 0.5) is 0 Å². The highest BCUT2D eigenvalue weighted by Crippen LogP contribution is 2.28. The van der Waals surface area contributed by atoms with Crippen molar-refractivity contribution in [2.45, 2.75) is 25.7 Å². The van der Waals surface area contributed by atoms with Gasteiger partial charge in [-0.3, -0.25) is 4.79 Å². The van der Waals surface area contributed by atoms with Crippen molar-refractivity contribution in [1.82, 2.24) is 0 Å². The van der Waals surface area contributed by atoms with Crippen LogP contribution in [-0.4, -0.2) is 24.8 Å². The summed E-state index contributed by atoms with van der Waals surface area (Å²) in [4.78, 5) is 10.6. The molecule has 0 heterocycles. The highest BCUT2D eigenvalue weighted by atomic mass is 16.5. The van der Waals surface area contributed by atoms with E-state index in [2.05, 4.69) is 0 Å². The molecule has 1 rings (SSSR count). The molecule has 0 radical (unpaired) electrons. The van der Waals surface area contributed by atoms with Crippen LogP contribution in [0.25, 0.3) is 0 Å². The zero-order valence-corrected chi connectivity index (χ0v) is 7.45. The lowest BCUT2D eigenvalue weighted by atomic mass is 9.82. The second-order valence-corrected chi connectivity index (χ2v) is 3.51. The second-order valence-electron chi connectivity index (χ2n) is 3.51. The quantitative estimate of drug-likeness (QED) is 0.702. The highest BCUT2D eigenvalue weighted by Gasteiger charge is 2.25. The predicted octanol–water partition coefficient (Wildman–Crippen LogP) is 1.52. The van der Waals surface area contributed by atoms with Crippen LogP contribution in [0.5, 0.6) is 0 Å². The standard InChI is InChI=1S/C9H16O3/c1-12-6-7-2-4-8(5-3-7)9(10)11/h7-8H,2-6H2,1H3,(H,10,11). The molecule has 0 aliphatic heterocycles. The van der Waals surface area contributed by atoms with Crippen LogP contribution >= 0.6 is 0 Å². The number of carboxylic acid groups (broad SMARTS) is 1. The molecule has 0 amide bonds. The topological polar surface area (TPSA) is 46.5 Å². The first-order valence-electron chi connectivity index (χ1n) is 4.45. The van der Waals surface area contributed by atoms with Gasteiger partial charge in [0, 0.05) is 13.7 Å². The summed E-state index contributed by atoms with van der Waals surface area (Å²) < 4.78 is 5.03. The first-order chi connectivity index (χ1) is 5.74. The first kappa shape index (κ1) is 9.52. The Labute approximate surface area is 72.7 Å². The Balaban J connectivity index is 2.25. The fourth-order valence-electron chi connectivity index (χ4n) is 1.81. The number of carbonyl (C=O) groups is 1. The molecule has 1 N–H and O–H groups in total. The molecule has 1 saturated carbocycles. The molecule has 3 heteroatoms. The lowest BCUT2D eigenvalue weighted by molar-refractivity contribution is -0.143. The maximum absolute atomic E-state index is 10.6. The number of hydrogen-bond donors (Lipinski definition) is 1. The van der Waals surface area contributed by atoms with Crippen LogP contribution in [0.1, 0.15) is 25.7 Å². The van der Waals surface area contributed by atoms with E-state index >= 15 is 0 Å². The van der Waals surface area contributed by atoms with Crippen molar-refractivity contribution in [2.24, 2.45) is 11.8 Å². The lowest BCUT2D eigenvalue weighted by Gasteiger charge is -2.25. The number of aliphatic carboxylic acids is 1. The number of rotatable bonds is 3. The minimum atomic E-state index is -0.633. The molecule has 3 nitrogen and oxygen atoms in total. The minimum absolute atomic E-state index is 0.0990. The van der Waals surface area contributed by atoms with E-state index < -0.39 is 5.97 Å². The number of carboxylic acids is 1. The van der Waals surface area contributed by atoms with E-state index in [1.54, 1.807) is 7.11 Å². The maximum atomic E-state index is 10.6. The molecular formula is C9H16O3. The van der Waals surface area contributed by atoms with Crippen LogP contribution in [0.15, 0.2) is 0 Å². The van der Waals surface area contributed by atoms with Crippen LogP contribution < -0.4 is 0 Å². The molecule has 0 atom stereocenters. The number of ether oxygens (including phenoxy) is 1. The SMILES string of the molecule is COCC1CCC(C(=O)O)CC1. The van der Waals surface area contributed by atoms with E-state index in [1.165, 1.54) is 0 Å². The third-order valence-electron chi connectivity index (χ3n) is 2.60. The van der Waals surface area contributed by atoms with Gasteiger partial charge in [0.1, 0.15) is 0 Å². The second kappa shape index (κ2) is 4.45. The van der Waals surface area contributed by atoms with E-state index in [4.69, 9.17) is 9.84 Å². The van der Waals surface area contributed by atoms with Gasteiger partial charge in [-0.25, -0.2) is 0 Å².